The number of H-pyrrole nitrogens is 1. The second kappa shape index (κ2) is 6.68. The summed E-state index contributed by atoms with van der Waals surface area (Å²) in [6, 6.07) is -0.200. The summed E-state index contributed by atoms with van der Waals surface area (Å²) in [7, 11) is 0. The molecule has 1 saturated carbocycles. The molecule has 2 aromatic rings. The van der Waals surface area contributed by atoms with Gasteiger partial charge < -0.3 is 4.98 Å². The predicted octanol–water partition coefficient (Wildman–Crippen LogP) is 2.66. The molecule has 26 heavy (non-hydrogen) atoms. The first kappa shape index (κ1) is 17.5. The quantitative estimate of drug-likeness (QED) is 0.900. The first-order valence-corrected chi connectivity index (χ1v) is 9.14. The van der Waals surface area contributed by atoms with Gasteiger partial charge in [-0.1, -0.05) is 19.3 Å². The molecule has 0 aromatic carbocycles. The van der Waals surface area contributed by atoms with Crippen LogP contribution in [-0.4, -0.2) is 50.5 Å². The molecule has 2 aliphatic rings. The number of nitrogens with one attached hydrogen (secondary N) is 1. The summed E-state index contributed by atoms with van der Waals surface area (Å²) in [5.41, 5.74) is 0.264. The zero-order chi connectivity index (χ0) is 18.3. The molecular weight excluding hydrogens is 347 g/mol. The lowest BCUT2D eigenvalue weighted by molar-refractivity contribution is -0.149. The second-order valence-corrected chi connectivity index (χ2v) is 7.49. The van der Waals surface area contributed by atoms with Crippen molar-refractivity contribution in [1.82, 2.24) is 24.6 Å². The van der Waals surface area contributed by atoms with Crippen molar-refractivity contribution in [2.24, 2.45) is 5.92 Å². The van der Waals surface area contributed by atoms with Crippen LogP contribution in [-0.2, 0) is 6.42 Å². The van der Waals surface area contributed by atoms with E-state index in [2.05, 4.69) is 15.1 Å². The van der Waals surface area contributed by atoms with Crippen molar-refractivity contribution in [2.45, 2.75) is 50.7 Å². The highest BCUT2D eigenvalue weighted by Crippen LogP contribution is 2.29. The number of alkyl halides is 3. The van der Waals surface area contributed by atoms with Crippen molar-refractivity contribution in [3.8, 4) is 0 Å². The summed E-state index contributed by atoms with van der Waals surface area (Å²) in [6.07, 6.45) is 2.91. The smallest absolute Gasteiger partial charge is 0.310 e. The fourth-order valence-corrected chi connectivity index (χ4v) is 3.94. The van der Waals surface area contributed by atoms with Crippen LogP contribution in [0.5, 0.6) is 0 Å². The van der Waals surface area contributed by atoms with Crippen molar-refractivity contribution in [2.75, 3.05) is 19.6 Å². The zero-order valence-electron chi connectivity index (χ0n) is 14.4. The van der Waals surface area contributed by atoms with Crippen LogP contribution in [0.15, 0.2) is 11.0 Å². The molecule has 3 heterocycles. The van der Waals surface area contributed by atoms with Gasteiger partial charge in [-0.05, 0) is 25.3 Å². The second-order valence-electron chi connectivity index (χ2n) is 7.49. The lowest BCUT2D eigenvalue weighted by Crippen LogP contribution is -2.42. The number of piperidine rings is 1. The normalized spacial score (nSPS) is 22.7. The van der Waals surface area contributed by atoms with E-state index in [0.717, 1.165) is 25.7 Å². The molecule has 1 aliphatic heterocycles. The number of halogens is 3. The molecule has 0 radical (unpaired) electrons. The number of aromatic amines is 1. The third kappa shape index (κ3) is 3.62. The standard InChI is InChI=1S/C17H22F3N5O/c18-17(19,20)10-24-6-2-5-12(9-24)25-15-13(8-21-25)16(26)23-14(22-15)7-11-3-1-4-11/h8,11-12H,1-7,9-10H2,(H,22,23,26). The molecule has 9 heteroatoms. The number of fused-ring (bicyclic) bond motifs is 1. The van der Waals surface area contributed by atoms with Gasteiger partial charge in [-0.25, -0.2) is 9.67 Å². The van der Waals surface area contributed by atoms with Gasteiger partial charge >= 0.3 is 6.18 Å². The number of aromatic nitrogens is 4. The fourth-order valence-electron chi connectivity index (χ4n) is 3.94. The third-order valence-electron chi connectivity index (χ3n) is 5.45. The molecule has 142 valence electrons. The number of nitrogens with zero attached hydrogens (tertiary/aromatic N) is 4. The van der Waals surface area contributed by atoms with Crippen LogP contribution in [0.1, 0.15) is 44.0 Å². The average molecular weight is 369 g/mol. The van der Waals surface area contributed by atoms with Crippen LogP contribution in [0.25, 0.3) is 11.0 Å². The Bertz CT molecular complexity index is 839. The molecule has 1 N–H and O–H groups in total. The maximum absolute atomic E-state index is 12.7. The molecule has 1 atom stereocenters. The molecule has 1 aliphatic carbocycles. The van der Waals surface area contributed by atoms with E-state index in [4.69, 9.17) is 0 Å². The molecular formula is C17H22F3N5O. The van der Waals surface area contributed by atoms with E-state index in [9.17, 15) is 18.0 Å². The Morgan fingerprint density at radius 1 is 1.23 bits per heavy atom. The van der Waals surface area contributed by atoms with Gasteiger partial charge in [0, 0.05) is 13.0 Å². The number of hydrogen-bond donors (Lipinski definition) is 1. The number of likely N-dealkylation sites (tertiary alicyclic amines) is 1. The Morgan fingerprint density at radius 2 is 2.04 bits per heavy atom. The van der Waals surface area contributed by atoms with Gasteiger partial charge in [0.25, 0.3) is 5.56 Å². The van der Waals surface area contributed by atoms with Crippen LogP contribution in [0.4, 0.5) is 13.2 Å². The van der Waals surface area contributed by atoms with E-state index in [1.807, 2.05) is 0 Å². The topological polar surface area (TPSA) is 66.8 Å². The predicted molar refractivity (Wildman–Crippen MR) is 90.0 cm³/mol. The van der Waals surface area contributed by atoms with Crippen LogP contribution in [0.2, 0.25) is 0 Å². The van der Waals surface area contributed by atoms with E-state index in [1.165, 1.54) is 17.5 Å². The summed E-state index contributed by atoms with van der Waals surface area (Å²) in [4.78, 5) is 21.2. The molecule has 1 unspecified atom stereocenters. The Hall–Kier alpha value is -1.90. The molecule has 6 nitrogen and oxygen atoms in total. The van der Waals surface area contributed by atoms with E-state index in [1.54, 1.807) is 4.68 Å². The van der Waals surface area contributed by atoms with Crippen LogP contribution < -0.4 is 5.56 Å². The lowest BCUT2D eigenvalue weighted by atomic mass is 9.83. The number of hydrogen-bond acceptors (Lipinski definition) is 4. The van der Waals surface area contributed by atoms with Gasteiger partial charge in [0.15, 0.2) is 5.65 Å². The molecule has 2 fully saturated rings. The Labute approximate surface area is 148 Å². The van der Waals surface area contributed by atoms with Crippen molar-refractivity contribution in [3.05, 3.63) is 22.4 Å². The highest BCUT2D eigenvalue weighted by atomic mass is 19.4. The minimum absolute atomic E-state index is 0.200. The van der Waals surface area contributed by atoms with E-state index >= 15 is 0 Å². The average Bonchev–Trinajstić information content (AvgIpc) is 2.94. The Balaban J connectivity index is 1.60. The molecule has 1 saturated heterocycles. The summed E-state index contributed by atoms with van der Waals surface area (Å²) < 4.78 is 39.8. The van der Waals surface area contributed by atoms with Crippen LogP contribution in [0, 0.1) is 5.92 Å². The van der Waals surface area contributed by atoms with Gasteiger partial charge in [-0.2, -0.15) is 18.3 Å². The molecule has 2 aromatic heterocycles. The van der Waals surface area contributed by atoms with Crippen molar-refractivity contribution in [3.63, 3.8) is 0 Å². The van der Waals surface area contributed by atoms with Gasteiger partial charge in [-0.3, -0.25) is 9.69 Å². The van der Waals surface area contributed by atoms with Gasteiger partial charge in [0.2, 0.25) is 0 Å². The summed E-state index contributed by atoms with van der Waals surface area (Å²) >= 11 is 0. The van der Waals surface area contributed by atoms with E-state index < -0.39 is 12.7 Å². The molecule has 0 spiro atoms. The SMILES string of the molecule is O=c1[nH]c(CC2CCC2)nc2c1cnn2C1CCCN(CC(F)(F)F)C1. The summed E-state index contributed by atoms with van der Waals surface area (Å²) in [6.45, 7) is -0.220. The van der Waals surface area contributed by atoms with Crippen molar-refractivity contribution in [1.29, 1.82) is 0 Å². The summed E-state index contributed by atoms with van der Waals surface area (Å²) in [5, 5.41) is 4.69. The first-order chi connectivity index (χ1) is 12.4. The van der Waals surface area contributed by atoms with Crippen molar-refractivity contribution < 1.29 is 13.2 Å². The fraction of sp³-hybridized carbons (Fsp3) is 0.706. The number of rotatable bonds is 4. The van der Waals surface area contributed by atoms with E-state index in [0.29, 0.717) is 35.7 Å². The molecule has 4 rings (SSSR count). The van der Waals surface area contributed by atoms with Gasteiger partial charge in [0.05, 0.1) is 18.8 Å². The highest BCUT2D eigenvalue weighted by Gasteiger charge is 2.34. The van der Waals surface area contributed by atoms with Crippen LogP contribution >= 0.6 is 0 Å². The van der Waals surface area contributed by atoms with Crippen LogP contribution in [0.3, 0.4) is 0 Å². The van der Waals surface area contributed by atoms with Gasteiger partial charge in [0.1, 0.15) is 11.2 Å². The monoisotopic (exact) mass is 369 g/mol. The zero-order valence-corrected chi connectivity index (χ0v) is 14.4. The van der Waals surface area contributed by atoms with Gasteiger partial charge in [-0.15, -0.1) is 0 Å². The van der Waals surface area contributed by atoms with Crippen molar-refractivity contribution >= 4 is 11.0 Å². The Morgan fingerprint density at radius 3 is 2.73 bits per heavy atom. The summed E-state index contributed by atoms with van der Waals surface area (Å²) in [5.74, 6) is 1.21. The highest BCUT2D eigenvalue weighted by molar-refractivity contribution is 5.73. The maximum atomic E-state index is 12.7. The minimum Gasteiger partial charge on any atom is -0.310 e. The maximum Gasteiger partial charge on any atom is 0.401 e. The molecule has 0 bridgehead atoms. The molecule has 0 amide bonds. The lowest BCUT2D eigenvalue weighted by Gasteiger charge is -2.33. The first-order valence-electron chi connectivity index (χ1n) is 9.14. The minimum atomic E-state index is -4.21. The van der Waals surface area contributed by atoms with E-state index in [-0.39, 0.29) is 18.1 Å². The third-order valence-corrected chi connectivity index (χ3v) is 5.45. The Kier molecular flexibility index (Phi) is 4.50. The largest absolute Gasteiger partial charge is 0.401 e.